The summed E-state index contributed by atoms with van der Waals surface area (Å²) in [6, 6.07) is 9.49. The van der Waals surface area contributed by atoms with Crippen LogP contribution in [-0.2, 0) is 13.0 Å². The number of hydrogen-bond donors (Lipinski definition) is 1. The molecule has 0 atom stereocenters. The fraction of sp³-hybridized carbons (Fsp3) is 0.421. The van der Waals surface area contributed by atoms with Crippen molar-refractivity contribution >= 4 is 5.91 Å². The van der Waals surface area contributed by atoms with Crippen LogP contribution in [0.15, 0.2) is 34.7 Å². The Balaban J connectivity index is 1.26. The van der Waals surface area contributed by atoms with Gasteiger partial charge in [-0.3, -0.25) is 9.69 Å². The number of fused-ring (bicyclic) bond motifs is 1. The molecule has 1 saturated heterocycles. The first-order valence-corrected chi connectivity index (χ1v) is 8.76. The lowest BCUT2D eigenvalue weighted by Gasteiger charge is -2.11. The molecule has 2 aromatic rings. The Morgan fingerprint density at radius 2 is 1.92 bits per heavy atom. The van der Waals surface area contributed by atoms with Crippen LogP contribution in [0.4, 0.5) is 0 Å². The zero-order valence-electron chi connectivity index (χ0n) is 14.1. The molecule has 0 radical (unpaired) electrons. The molecule has 0 bridgehead atoms. The number of hydrogen-bond acceptors (Lipinski definition) is 5. The maximum atomic E-state index is 12.2. The van der Waals surface area contributed by atoms with Crippen molar-refractivity contribution in [3.63, 3.8) is 0 Å². The Morgan fingerprint density at radius 3 is 2.80 bits per heavy atom. The van der Waals surface area contributed by atoms with Crippen LogP contribution in [0.1, 0.15) is 34.7 Å². The Labute approximate surface area is 146 Å². The van der Waals surface area contributed by atoms with Gasteiger partial charge in [0, 0.05) is 6.54 Å². The monoisotopic (exact) mass is 342 g/mol. The van der Waals surface area contributed by atoms with Gasteiger partial charge in [0.25, 0.3) is 5.91 Å². The second-order valence-corrected chi connectivity index (χ2v) is 6.44. The van der Waals surface area contributed by atoms with Crippen LogP contribution < -0.4 is 14.8 Å². The van der Waals surface area contributed by atoms with Crippen LogP contribution in [0.5, 0.6) is 11.5 Å². The summed E-state index contributed by atoms with van der Waals surface area (Å²) in [4.78, 5) is 14.6. The second-order valence-electron chi connectivity index (χ2n) is 6.44. The predicted molar refractivity (Wildman–Crippen MR) is 91.8 cm³/mol. The molecule has 0 aliphatic carbocycles. The van der Waals surface area contributed by atoms with E-state index < -0.39 is 0 Å². The molecule has 6 heteroatoms. The van der Waals surface area contributed by atoms with Crippen molar-refractivity contribution in [2.24, 2.45) is 0 Å². The molecule has 1 aromatic heterocycles. The van der Waals surface area contributed by atoms with Crippen molar-refractivity contribution in [2.75, 3.05) is 26.4 Å². The fourth-order valence-corrected chi connectivity index (χ4v) is 3.25. The van der Waals surface area contributed by atoms with Crippen LogP contribution in [-0.4, -0.2) is 37.2 Å². The molecular formula is C19H22N2O4. The van der Waals surface area contributed by atoms with Crippen molar-refractivity contribution in [1.29, 1.82) is 0 Å². The minimum absolute atomic E-state index is 0.173. The van der Waals surface area contributed by atoms with Gasteiger partial charge < -0.3 is 19.2 Å². The summed E-state index contributed by atoms with van der Waals surface area (Å²) < 4.78 is 16.3. The minimum Gasteiger partial charge on any atom is -0.455 e. The Bertz CT molecular complexity index is 750. The zero-order chi connectivity index (χ0) is 17.1. The number of benzene rings is 1. The van der Waals surface area contributed by atoms with Gasteiger partial charge in [-0.05, 0) is 62.2 Å². The highest BCUT2D eigenvalue weighted by Gasteiger charge is 2.16. The van der Waals surface area contributed by atoms with Gasteiger partial charge in [-0.1, -0.05) is 6.07 Å². The number of carbonyl (C=O) groups is 1. The molecule has 25 heavy (non-hydrogen) atoms. The first-order chi connectivity index (χ1) is 12.3. The van der Waals surface area contributed by atoms with E-state index in [-0.39, 0.29) is 12.7 Å². The normalized spacial score (nSPS) is 16.3. The maximum Gasteiger partial charge on any atom is 0.287 e. The largest absolute Gasteiger partial charge is 0.455 e. The highest BCUT2D eigenvalue weighted by Crippen LogP contribution is 2.32. The molecule has 2 aliphatic heterocycles. The summed E-state index contributed by atoms with van der Waals surface area (Å²) in [6.45, 7) is 3.81. The lowest BCUT2D eigenvalue weighted by Crippen LogP contribution is -2.25. The van der Waals surface area contributed by atoms with Crippen molar-refractivity contribution in [3.8, 4) is 11.5 Å². The van der Waals surface area contributed by atoms with Gasteiger partial charge in [0.05, 0.1) is 6.54 Å². The second kappa shape index (κ2) is 7.19. The van der Waals surface area contributed by atoms with Crippen molar-refractivity contribution in [1.82, 2.24) is 10.2 Å². The van der Waals surface area contributed by atoms with E-state index in [9.17, 15) is 4.79 Å². The Hall–Kier alpha value is -2.47. The van der Waals surface area contributed by atoms with Gasteiger partial charge in [-0.2, -0.15) is 0 Å². The van der Waals surface area contributed by atoms with E-state index in [2.05, 4.69) is 10.2 Å². The van der Waals surface area contributed by atoms with E-state index in [1.54, 1.807) is 6.07 Å². The highest BCUT2D eigenvalue weighted by atomic mass is 16.7. The third-order valence-electron chi connectivity index (χ3n) is 4.60. The summed E-state index contributed by atoms with van der Waals surface area (Å²) >= 11 is 0. The lowest BCUT2D eigenvalue weighted by molar-refractivity contribution is 0.0923. The van der Waals surface area contributed by atoms with E-state index in [1.165, 1.54) is 12.8 Å². The summed E-state index contributed by atoms with van der Waals surface area (Å²) in [5.41, 5.74) is 1.10. The molecule has 0 unspecified atom stereocenters. The van der Waals surface area contributed by atoms with Gasteiger partial charge in [0.2, 0.25) is 6.79 Å². The van der Waals surface area contributed by atoms with Gasteiger partial charge in [-0.15, -0.1) is 0 Å². The first kappa shape index (κ1) is 16.0. The summed E-state index contributed by atoms with van der Waals surface area (Å²) in [6.07, 6.45) is 3.21. The molecule has 4 rings (SSSR count). The Kier molecular flexibility index (Phi) is 4.61. The lowest BCUT2D eigenvalue weighted by atomic mass is 10.1. The van der Waals surface area contributed by atoms with E-state index in [0.29, 0.717) is 12.3 Å². The number of nitrogens with zero attached hydrogens (tertiary/aromatic N) is 1. The van der Waals surface area contributed by atoms with Crippen LogP contribution in [0.2, 0.25) is 0 Å². The molecule has 132 valence electrons. The van der Waals surface area contributed by atoms with E-state index >= 15 is 0 Å². The predicted octanol–water partition coefficient (Wildman–Crippen LogP) is 2.58. The number of amides is 1. The van der Waals surface area contributed by atoms with Crippen molar-refractivity contribution in [3.05, 3.63) is 47.4 Å². The number of ether oxygens (including phenoxy) is 2. The van der Waals surface area contributed by atoms with Crippen LogP contribution >= 0.6 is 0 Å². The average Bonchev–Trinajstić information content (AvgIpc) is 3.36. The van der Waals surface area contributed by atoms with E-state index in [0.717, 1.165) is 48.9 Å². The average molecular weight is 342 g/mol. The zero-order valence-corrected chi connectivity index (χ0v) is 14.1. The molecular weight excluding hydrogens is 320 g/mol. The summed E-state index contributed by atoms with van der Waals surface area (Å²) in [5, 5.41) is 2.90. The number of carbonyl (C=O) groups excluding carboxylic acids is 1. The molecule has 0 saturated carbocycles. The van der Waals surface area contributed by atoms with Crippen molar-refractivity contribution < 1.29 is 18.7 Å². The number of rotatable bonds is 6. The van der Waals surface area contributed by atoms with Gasteiger partial charge in [0.15, 0.2) is 17.3 Å². The maximum absolute atomic E-state index is 12.2. The quantitative estimate of drug-likeness (QED) is 0.874. The standard InChI is InChI=1S/C19H22N2O4/c22-19(17-6-4-15(25-17)12-21-9-1-2-10-21)20-8-7-14-3-5-16-18(11-14)24-13-23-16/h3-6,11H,1-2,7-10,12-13H2,(H,20,22). The number of nitrogens with one attached hydrogen (secondary N) is 1. The molecule has 6 nitrogen and oxygen atoms in total. The molecule has 1 aromatic carbocycles. The third kappa shape index (κ3) is 3.79. The van der Waals surface area contributed by atoms with Gasteiger partial charge >= 0.3 is 0 Å². The molecule has 0 spiro atoms. The summed E-state index contributed by atoms with van der Waals surface area (Å²) in [7, 11) is 0. The fourth-order valence-electron chi connectivity index (χ4n) is 3.25. The van der Waals surface area contributed by atoms with Crippen LogP contribution in [0, 0.1) is 0 Å². The van der Waals surface area contributed by atoms with Gasteiger partial charge in [0.1, 0.15) is 5.76 Å². The van der Waals surface area contributed by atoms with E-state index in [1.807, 2.05) is 24.3 Å². The highest BCUT2D eigenvalue weighted by molar-refractivity contribution is 5.91. The smallest absolute Gasteiger partial charge is 0.287 e. The van der Waals surface area contributed by atoms with Crippen molar-refractivity contribution in [2.45, 2.75) is 25.8 Å². The van der Waals surface area contributed by atoms with Gasteiger partial charge in [-0.25, -0.2) is 0 Å². The molecule has 1 N–H and O–H groups in total. The van der Waals surface area contributed by atoms with Crippen LogP contribution in [0.3, 0.4) is 0 Å². The first-order valence-electron chi connectivity index (χ1n) is 8.76. The topological polar surface area (TPSA) is 63.9 Å². The molecule has 1 amide bonds. The Morgan fingerprint density at radius 1 is 1.08 bits per heavy atom. The van der Waals surface area contributed by atoms with Crippen LogP contribution in [0.25, 0.3) is 0 Å². The number of furan rings is 1. The number of likely N-dealkylation sites (tertiary alicyclic amines) is 1. The third-order valence-corrected chi connectivity index (χ3v) is 4.60. The summed E-state index contributed by atoms with van der Waals surface area (Å²) in [5.74, 6) is 2.59. The SMILES string of the molecule is O=C(NCCc1ccc2c(c1)OCO2)c1ccc(CN2CCCC2)o1. The minimum atomic E-state index is -0.173. The molecule has 3 heterocycles. The van der Waals surface area contributed by atoms with E-state index in [4.69, 9.17) is 13.9 Å². The molecule has 2 aliphatic rings. The molecule has 1 fully saturated rings.